The molecule has 12 heavy (non-hydrogen) atoms. The Kier molecular flexibility index (Phi) is 2.96. The van der Waals surface area contributed by atoms with Gasteiger partial charge < -0.3 is 5.11 Å². The van der Waals surface area contributed by atoms with Crippen LogP contribution in [0.4, 0.5) is 0 Å². The molecule has 3 heteroatoms. The summed E-state index contributed by atoms with van der Waals surface area (Å²) in [4.78, 5) is 12.0. The average molecular weight is 186 g/mol. The van der Waals surface area contributed by atoms with Crippen molar-refractivity contribution in [2.24, 2.45) is 0 Å². The van der Waals surface area contributed by atoms with Gasteiger partial charge in [-0.25, -0.2) is 0 Å². The van der Waals surface area contributed by atoms with Crippen LogP contribution in [-0.2, 0) is 4.79 Å². The lowest BCUT2D eigenvalue weighted by molar-refractivity contribution is -0.114. The van der Waals surface area contributed by atoms with E-state index in [1.165, 1.54) is 0 Å². The highest BCUT2D eigenvalue weighted by Gasteiger charge is 2.22. The number of hydrogen-bond acceptors (Lipinski definition) is 3. The molecule has 0 aromatic heterocycles. The van der Waals surface area contributed by atoms with Crippen LogP contribution in [0.1, 0.15) is 26.7 Å². The molecule has 1 aliphatic rings. The predicted octanol–water partition coefficient (Wildman–Crippen LogP) is 1.74. The van der Waals surface area contributed by atoms with Crippen LogP contribution >= 0.6 is 11.8 Å². The van der Waals surface area contributed by atoms with Gasteiger partial charge in [0.2, 0.25) is 0 Å². The first-order chi connectivity index (χ1) is 5.53. The van der Waals surface area contributed by atoms with E-state index in [9.17, 15) is 4.79 Å². The summed E-state index contributed by atoms with van der Waals surface area (Å²) in [5, 5.41) is 8.99. The Morgan fingerprint density at radius 2 is 2.25 bits per heavy atom. The van der Waals surface area contributed by atoms with E-state index in [0.717, 1.165) is 11.3 Å². The first kappa shape index (κ1) is 9.81. The van der Waals surface area contributed by atoms with E-state index in [1.54, 1.807) is 17.8 Å². The second-order valence-corrected chi connectivity index (χ2v) is 5.43. The molecule has 0 aliphatic heterocycles. The van der Waals surface area contributed by atoms with Gasteiger partial charge in [-0.15, -0.1) is 11.8 Å². The number of thioether (sulfide) groups is 1. The van der Waals surface area contributed by atoms with Crippen molar-refractivity contribution in [2.75, 3.05) is 6.61 Å². The van der Waals surface area contributed by atoms with Crippen LogP contribution in [0.5, 0.6) is 0 Å². The normalized spacial score (nSPS) is 18.2. The van der Waals surface area contributed by atoms with Crippen molar-refractivity contribution in [2.45, 2.75) is 31.4 Å². The van der Waals surface area contributed by atoms with E-state index in [-0.39, 0.29) is 17.1 Å². The lowest BCUT2D eigenvalue weighted by Gasteiger charge is -2.20. The summed E-state index contributed by atoms with van der Waals surface area (Å²) in [6, 6.07) is 0. The third-order valence-corrected chi connectivity index (χ3v) is 2.99. The highest BCUT2D eigenvalue weighted by Crippen LogP contribution is 2.36. The van der Waals surface area contributed by atoms with Crippen LogP contribution in [0.2, 0.25) is 0 Å². The zero-order chi connectivity index (χ0) is 9.19. The summed E-state index contributed by atoms with van der Waals surface area (Å²) in [5.41, 5.74) is 0. The number of aliphatic hydroxyl groups is 1. The van der Waals surface area contributed by atoms with Crippen molar-refractivity contribution in [3.05, 3.63) is 11.0 Å². The van der Waals surface area contributed by atoms with Crippen LogP contribution in [-0.4, -0.2) is 22.2 Å². The van der Waals surface area contributed by atoms with Gasteiger partial charge in [0.15, 0.2) is 5.78 Å². The molecule has 0 amide bonds. The van der Waals surface area contributed by atoms with Gasteiger partial charge >= 0.3 is 0 Å². The van der Waals surface area contributed by atoms with Crippen LogP contribution in [0.25, 0.3) is 0 Å². The van der Waals surface area contributed by atoms with Crippen molar-refractivity contribution in [3.63, 3.8) is 0 Å². The molecule has 0 bridgehead atoms. The second-order valence-electron chi connectivity index (χ2n) is 3.60. The number of aliphatic hydroxyl groups excluding tert-OH is 1. The lowest BCUT2D eigenvalue weighted by atomic mass is 10.2. The highest BCUT2D eigenvalue weighted by atomic mass is 32.2. The van der Waals surface area contributed by atoms with Crippen LogP contribution in [0.15, 0.2) is 11.0 Å². The maximum atomic E-state index is 10.9. The van der Waals surface area contributed by atoms with Gasteiger partial charge in [-0.3, -0.25) is 4.79 Å². The maximum absolute atomic E-state index is 10.9. The molecule has 0 atom stereocenters. The summed E-state index contributed by atoms with van der Waals surface area (Å²) >= 11 is 1.60. The SMILES string of the molecule is CC(C)(CO)SC1=CC(=O)CC1. The van der Waals surface area contributed by atoms with E-state index < -0.39 is 0 Å². The maximum Gasteiger partial charge on any atom is 0.156 e. The van der Waals surface area contributed by atoms with E-state index in [1.807, 2.05) is 13.8 Å². The molecule has 0 saturated carbocycles. The van der Waals surface area contributed by atoms with Crippen molar-refractivity contribution in [1.82, 2.24) is 0 Å². The molecule has 2 nitrogen and oxygen atoms in total. The summed E-state index contributed by atoms with van der Waals surface area (Å²) in [6.45, 7) is 4.09. The lowest BCUT2D eigenvalue weighted by Crippen LogP contribution is -2.19. The fraction of sp³-hybridized carbons (Fsp3) is 0.667. The fourth-order valence-corrected chi connectivity index (χ4v) is 2.21. The molecule has 0 fully saturated rings. The molecule has 0 radical (unpaired) electrons. The summed E-state index contributed by atoms with van der Waals surface area (Å²) in [5.74, 6) is 0.214. The first-order valence-electron chi connectivity index (χ1n) is 4.07. The Morgan fingerprint density at radius 1 is 1.58 bits per heavy atom. The minimum Gasteiger partial charge on any atom is -0.395 e. The molecule has 0 unspecified atom stereocenters. The Bertz CT molecular complexity index is 219. The van der Waals surface area contributed by atoms with Crippen molar-refractivity contribution < 1.29 is 9.90 Å². The zero-order valence-electron chi connectivity index (χ0n) is 7.46. The van der Waals surface area contributed by atoms with Crippen molar-refractivity contribution in [3.8, 4) is 0 Å². The van der Waals surface area contributed by atoms with Crippen molar-refractivity contribution >= 4 is 17.5 Å². The molecule has 0 spiro atoms. The van der Waals surface area contributed by atoms with Gasteiger partial charge in [0, 0.05) is 11.2 Å². The third-order valence-electron chi connectivity index (χ3n) is 1.73. The predicted molar refractivity (Wildman–Crippen MR) is 51.1 cm³/mol. The highest BCUT2D eigenvalue weighted by molar-refractivity contribution is 8.04. The summed E-state index contributed by atoms with van der Waals surface area (Å²) in [6.07, 6.45) is 3.19. The molecule has 1 aliphatic carbocycles. The van der Waals surface area contributed by atoms with Gasteiger partial charge in [-0.2, -0.15) is 0 Å². The molecule has 0 aromatic rings. The number of carbonyl (C=O) groups excluding carboxylic acids is 1. The molecule has 0 heterocycles. The standard InChI is InChI=1S/C9H14O2S/c1-9(2,6-10)12-8-4-3-7(11)5-8/h5,10H,3-4,6H2,1-2H3. The van der Waals surface area contributed by atoms with Crippen LogP contribution < -0.4 is 0 Å². The van der Waals surface area contributed by atoms with Crippen LogP contribution in [0, 0.1) is 0 Å². The zero-order valence-corrected chi connectivity index (χ0v) is 8.28. The summed E-state index contributed by atoms with van der Waals surface area (Å²) in [7, 11) is 0. The molecular formula is C9H14O2S. The smallest absolute Gasteiger partial charge is 0.156 e. The number of rotatable bonds is 3. The molecule has 1 N–H and O–H groups in total. The van der Waals surface area contributed by atoms with Crippen LogP contribution in [0.3, 0.4) is 0 Å². The van der Waals surface area contributed by atoms with Crippen molar-refractivity contribution in [1.29, 1.82) is 0 Å². The molecule has 68 valence electrons. The molecule has 1 rings (SSSR count). The Hall–Kier alpha value is -0.280. The average Bonchev–Trinajstić information content (AvgIpc) is 2.35. The topological polar surface area (TPSA) is 37.3 Å². The number of ketones is 1. The van der Waals surface area contributed by atoms with E-state index in [0.29, 0.717) is 6.42 Å². The summed E-state index contributed by atoms with van der Waals surface area (Å²) < 4.78 is -0.156. The van der Waals surface area contributed by atoms with Gasteiger partial charge in [-0.05, 0) is 31.2 Å². The Labute approximate surface area is 77.0 Å². The quantitative estimate of drug-likeness (QED) is 0.729. The monoisotopic (exact) mass is 186 g/mol. The fourth-order valence-electron chi connectivity index (χ4n) is 1.04. The first-order valence-corrected chi connectivity index (χ1v) is 4.88. The van der Waals surface area contributed by atoms with E-state index >= 15 is 0 Å². The second kappa shape index (κ2) is 3.62. The van der Waals surface area contributed by atoms with E-state index in [4.69, 9.17) is 5.11 Å². The number of allylic oxidation sites excluding steroid dienone is 2. The van der Waals surface area contributed by atoms with Gasteiger partial charge in [0.05, 0.1) is 6.61 Å². The molecule has 0 saturated heterocycles. The number of carbonyl (C=O) groups is 1. The van der Waals surface area contributed by atoms with E-state index in [2.05, 4.69) is 0 Å². The van der Waals surface area contributed by atoms with Gasteiger partial charge in [0.1, 0.15) is 0 Å². The molecular weight excluding hydrogens is 172 g/mol. The van der Waals surface area contributed by atoms with Gasteiger partial charge in [-0.1, -0.05) is 0 Å². The third kappa shape index (κ3) is 2.64. The Balaban J connectivity index is 2.52. The number of hydrogen-bond donors (Lipinski definition) is 1. The minimum atomic E-state index is -0.156. The Morgan fingerprint density at radius 3 is 2.67 bits per heavy atom. The largest absolute Gasteiger partial charge is 0.395 e. The minimum absolute atomic E-state index is 0.142. The van der Waals surface area contributed by atoms with Gasteiger partial charge in [0.25, 0.3) is 0 Å². The molecule has 0 aromatic carbocycles.